The van der Waals surface area contributed by atoms with Crippen molar-refractivity contribution in [1.82, 2.24) is 10.6 Å². The topological polar surface area (TPSA) is 64.1 Å². The van der Waals surface area contributed by atoms with Gasteiger partial charge in [0, 0.05) is 40.0 Å². The van der Waals surface area contributed by atoms with E-state index in [2.05, 4.69) is 15.6 Å². The van der Waals surface area contributed by atoms with Gasteiger partial charge in [0.05, 0.1) is 13.2 Å². The fourth-order valence-corrected chi connectivity index (χ4v) is 2.52. The first-order valence-corrected chi connectivity index (χ1v) is 8.58. The van der Waals surface area contributed by atoms with E-state index in [-0.39, 0.29) is 24.0 Å². The third-order valence-electron chi connectivity index (χ3n) is 3.98. The summed E-state index contributed by atoms with van der Waals surface area (Å²) in [6.07, 6.45) is 3.35. The molecular weight excluding hydrogens is 433 g/mol. The summed E-state index contributed by atoms with van der Waals surface area (Å²) in [6, 6.07) is 8.00. The number of nitrogens with one attached hydrogen (secondary N) is 2. The Morgan fingerprint density at radius 3 is 2.56 bits per heavy atom. The predicted octanol–water partition coefficient (Wildman–Crippen LogP) is 2.56. The van der Waals surface area contributed by atoms with Crippen molar-refractivity contribution >= 4 is 29.9 Å². The maximum atomic E-state index is 5.86. The number of hydrogen-bond donors (Lipinski definition) is 2. The van der Waals surface area contributed by atoms with Crippen LogP contribution in [0.4, 0.5) is 0 Å². The molecule has 1 aliphatic heterocycles. The maximum Gasteiger partial charge on any atom is 0.191 e. The van der Waals surface area contributed by atoms with E-state index < -0.39 is 0 Å². The molecule has 1 fully saturated rings. The lowest BCUT2D eigenvalue weighted by molar-refractivity contribution is -0.0320. The van der Waals surface area contributed by atoms with E-state index in [1.807, 2.05) is 24.3 Å². The molecule has 142 valence electrons. The van der Waals surface area contributed by atoms with Crippen molar-refractivity contribution in [2.24, 2.45) is 4.99 Å². The minimum absolute atomic E-state index is 0. The van der Waals surface area contributed by atoms with Crippen LogP contribution in [0.15, 0.2) is 29.3 Å². The van der Waals surface area contributed by atoms with Crippen molar-refractivity contribution in [3.05, 3.63) is 29.8 Å². The molecule has 0 radical (unpaired) electrons. The first kappa shape index (κ1) is 22.0. The Labute approximate surface area is 167 Å². The van der Waals surface area contributed by atoms with E-state index in [0.29, 0.717) is 6.10 Å². The molecule has 2 rings (SSSR count). The van der Waals surface area contributed by atoms with Crippen LogP contribution in [0.3, 0.4) is 0 Å². The molecule has 7 heteroatoms. The molecule has 1 heterocycles. The van der Waals surface area contributed by atoms with Gasteiger partial charge in [-0.25, -0.2) is 0 Å². The van der Waals surface area contributed by atoms with Crippen LogP contribution < -0.4 is 15.4 Å². The zero-order valence-electron chi connectivity index (χ0n) is 15.1. The Hall–Kier alpha value is -1.06. The molecule has 0 spiro atoms. The normalized spacial score (nSPS) is 15.4. The van der Waals surface area contributed by atoms with Gasteiger partial charge in [0.2, 0.25) is 0 Å². The van der Waals surface area contributed by atoms with E-state index in [1.165, 1.54) is 5.56 Å². The van der Waals surface area contributed by atoms with Crippen molar-refractivity contribution in [2.75, 3.05) is 40.5 Å². The summed E-state index contributed by atoms with van der Waals surface area (Å²) < 4.78 is 16.3. The second kappa shape index (κ2) is 13.2. The van der Waals surface area contributed by atoms with E-state index in [4.69, 9.17) is 14.2 Å². The smallest absolute Gasteiger partial charge is 0.191 e. The van der Waals surface area contributed by atoms with Gasteiger partial charge in [-0.2, -0.15) is 0 Å². The SMILES string of the molecule is CN=C(NCCCOC1CCOCC1)NCc1ccc(OC)cc1.I. The van der Waals surface area contributed by atoms with Crippen molar-refractivity contribution in [2.45, 2.75) is 31.9 Å². The van der Waals surface area contributed by atoms with Crippen LogP contribution in [0.1, 0.15) is 24.8 Å². The van der Waals surface area contributed by atoms with Crippen molar-refractivity contribution in [3.8, 4) is 5.75 Å². The number of hydrogen-bond acceptors (Lipinski definition) is 4. The molecule has 0 amide bonds. The van der Waals surface area contributed by atoms with E-state index in [0.717, 1.165) is 63.9 Å². The summed E-state index contributed by atoms with van der Waals surface area (Å²) in [6.45, 7) is 3.98. The third kappa shape index (κ3) is 8.73. The zero-order valence-corrected chi connectivity index (χ0v) is 17.5. The molecule has 0 saturated carbocycles. The Bertz CT molecular complexity index is 491. The van der Waals surface area contributed by atoms with Crippen LogP contribution in [0.2, 0.25) is 0 Å². The first-order chi connectivity index (χ1) is 11.8. The number of guanidine groups is 1. The Balaban J connectivity index is 0.00000312. The lowest BCUT2D eigenvalue weighted by atomic mass is 10.1. The van der Waals surface area contributed by atoms with Gasteiger partial charge in [0.25, 0.3) is 0 Å². The van der Waals surface area contributed by atoms with Gasteiger partial charge >= 0.3 is 0 Å². The summed E-state index contributed by atoms with van der Waals surface area (Å²) in [4.78, 5) is 4.24. The second-order valence-corrected chi connectivity index (χ2v) is 5.74. The van der Waals surface area contributed by atoms with E-state index in [1.54, 1.807) is 14.2 Å². The van der Waals surface area contributed by atoms with E-state index in [9.17, 15) is 0 Å². The lowest BCUT2D eigenvalue weighted by Gasteiger charge is -2.22. The van der Waals surface area contributed by atoms with E-state index >= 15 is 0 Å². The summed E-state index contributed by atoms with van der Waals surface area (Å²) in [5.41, 5.74) is 1.18. The highest BCUT2D eigenvalue weighted by atomic mass is 127. The molecule has 1 aromatic carbocycles. The van der Waals surface area contributed by atoms with Gasteiger partial charge in [-0.15, -0.1) is 24.0 Å². The van der Waals surface area contributed by atoms with Crippen LogP contribution >= 0.6 is 24.0 Å². The molecule has 0 aromatic heterocycles. The van der Waals surface area contributed by atoms with Crippen LogP contribution in [-0.4, -0.2) is 52.6 Å². The van der Waals surface area contributed by atoms with Gasteiger partial charge in [-0.1, -0.05) is 12.1 Å². The van der Waals surface area contributed by atoms with Gasteiger partial charge in [-0.05, 0) is 37.0 Å². The number of rotatable bonds is 8. The summed E-state index contributed by atoms with van der Waals surface area (Å²) in [5, 5.41) is 6.61. The minimum Gasteiger partial charge on any atom is -0.497 e. The highest BCUT2D eigenvalue weighted by molar-refractivity contribution is 14.0. The first-order valence-electron chi connectivity index (χ1n) is 8.58. The Morgan fingerprint density at radius 1 is 1.20 bits per heavy atom. The van der Waals surface area contributed by atoms with Crippen molar-refractivity contribution in [3.63, 3.8) is 0 Å². The largest absolute Gasteiger partial charge is 0.497 e. The fourth-order valence-electron chi connectivity index (χ4n) is 2.52. The number of methoxy groups -OCH3 is 1. The van der Waals surface area contributed by atoms with Gasteiger partial charge in [0.1, 0.15) is 5.75 Å². The molecule has 2 N–H and O–H groups in total. The van der Waals surface area contributed by atoms with Crippen molar-refractivity contribution < 1.29 is 14.2 Å². The Kier molecular flexibility index (Phi) is 11.6. The standard InChI is InChI=1S/C18H29N3O3.HI/c1-19-18(21-14-15-4-6-16(22-2)7-5-15)20-10-3-11-24-17-8-12-23-13-9-17;/h4-7,17H,3,8-14H2,1-2H3,(H2,19,20,21);1H. The molecule has 1 aliphatic rings. The predicted molar refractivity (Wildman–Crippen MR) is 111 cm³/mol. The number of ether oxygens (including phenoxy) is 3. The monoisotopic (exact) mass is 463 g/mol. The number of benzene rings is 1. The molecule has 25 heavy (non-hydrogen) atoms. The third-order valence-corrected chi connectivity index (χ3v) is 3.98. The van der Waals surface area contributed by atoms with Gasteiger partial charge in [0.15, 0.2) is 5.96 Å². The molecule has 1 saturated heterocycles. The number of nitrogens with zero attached hydrogens (tertiary/aromatic N) is 1. The van der Waals surface area contributed by atoms with Crippen LogP contribution in [0.5, 0.6) is 5.75 Å². The highest BCUT2D eigenvalue weighted by Crippen LogP contribution is 2.11. The molecule has 0 atom stereocenters. The van der Waals surface area contributed by atoms with Crippen LogP contribution in [0.25, 0.3) is 0 Å². The minimum atomic E-state index is 0. The highest BCUT2D eigenvalue weighted by Gasteiger charge is 2.13. The van der Waals surface area contributed by atoms with Crippen LogP contribution in [-0.2, 0) is 16.0 Å². The average Bonchev–Trinajstić information content (AvgIpc) is 2.65. The average molecular weight is 463 g/mol. The summed E-state index contributed by atoms with van der Waals surface area (Å²) >= 11 is 0. The fraction of sp³-hybridized carbons (Fsp3) is 0.611. The zero-order chi connectivity index (χ0) is 17.0. The maximum absolute atomic E-state index is 5.86. The number of aliphatic imine (C=N–C) groups is 1. The Morgan fingerprint density at radius 2 is 1.92 bits per heavy atom. The van der Waals surface area contributed by atoms with Crippen molar-refractivity contribution in [1.29, 1.82) is 0 Å². The molecule has 0 bridgehead atoms. The number of halogens is 1. The van der Waals surface area contributed by atoms with Crippen LogP contribution in [0, 0.1) is 0 Å². The lowest BCUT2D eigenvalue weighted by Crippen LogP contribution is -2.37. The van der Waals surface area contributed by atoms with Gasteiger partial charge < -0.3 is 24.8 Å². The summed E-state index contributed by atoms with van der Waals surface area (Å²) in [7, 11) is 3.45. The molecule has 1 aromatic rings. The quantitative estimate of drug-likeness (QED) is 0.269. The van der Waals surface area contributed by atoms with Gasteiger partial charge in [-0.3, -0.25) is 4.99 Å². The molecule has 0 unspecified atom stereocenters. The second-order valence-electron chi connectivity index (χ2n) is 5.74. The summed E-state index contributed by atoms with van der Waals surface area (Å²) in [5.74, 6) is 1.67. The molecule has 6 nitrogen and oxygen atoms in total. The molecular formula is C18H30IN3O3. The molecule has 0 aliphatic carbocycles.